The zero-order valence-corrected chi connectivity index (χ0v) is 30.8. The number of carbonyl (C=O) groups excluding carboxylic acids is 2. The summed E-state index contributed by atoms with van der Waals surface area (Å²) in [5.74, 6) is 1.73. The van der Waals surface area contributed by atoms with Crippen LogP contribution < -0.4 is 0 Å². The van der Waals surface area contributed by atoms with Crippen molar-refractivity contribution in [1.29, 1.82) is 0 Å². The van der Waals surface area contributed by atoms with E-state index in [-0.39, 0.29) is 34.4 Å². The molecule has 2 aliphatic carbocycles. The minimum Gasteiger partial charge on any atom is -0.340 e. The maximum absolute atomic E-state index is 13.6. The summed E-state index contributed by atoms with van der Waals surface area (Å²) < 4.78 is 0. The summed E-state index contributed by atoms with van der Waals surface area (Å²) in [6.45, 7) is 8.24. The van der Waals surface area contributed by atoms with Crippen LogP contribution in [0.4, 0.5) is 0 Å². The van der Waals surface area contributed by atoms with E-state index in [0.717, 1.165) is 69.4 Å². The maximum atomic E-state index is 13.6. The Balaban J connectivity index is 1.01. The lowest BCUT2D eigenvalue weighted by Gasteiger charge is -2.51. The van der Waals surface area contributed by atoms with Gasteiger partial charge in [0.05, 0.1) is 28.7 Å². The van der Waals surface area contributed by atoms with Gasteiger partial charge in [0, 0.05) is 19.1 Å². The first-order valence-electron chi connectivity index (χ1n) is 19.0. The summed E-state index contributed by atoms with van der Waals surface area (Å²) in [7, 11) is 0.924. The van der Waals surface area contributed by atoms with Gasteiger partial charge < -0.3 is 14.8 Å². The van der Waals surface area contributed by atoms with Crippen molar-refractivity contribution in [2.24, 2.45) is 11.3 Å². The van der Waals surface area contributed by atoms with E-state index in [1.54, 1.807) is 0 Å². The molecule has 2 aliphatic heterocycles. The van der Waals surface area contributed by atoms with E-state index in [1.165, 1.54) is 48.8 Å². The van der Waals surface area contributed by atoms with Crippen molar-refractivity contribution in [2.75, 3.05) is 13.1 Å². The van der Waals surface area contributed by atoms with Gasteiger partial charge in [0.25, 0.3) is 0 Å². The van der Waals surface area contributed by atoms with Gasteiger partial charge in [0.15, 0.2) is 0 Å². The van der Waals surface area contributed by atoms with Gasteiger partial charge in [-0.1, -0.05) is 88.5 Å². The van der Waals surface area contributed by atoms with Gasteiger partial charge in [-0.05, 0) is 116 Å². The molecule has 4 aromatic rings. The van der Waals surface area contributed by atoms with Crippen LogP contribution in [0.15, 0.2) is 72.8 Å². The Morgan fingerprint density at radius 3 is 2.38 bits per heavy atom. The van der Waals surface area contributed by atoms with E-state index in [1.807, 2.05) is 49.1 Å². The molecule has 4 fully saturated rings. The number of hydrogen-bond donors (Lipinski definition) is 1. The predicted octanol–water partition coefficient (Wildman–Crippen LogP) is 9.29. The lowest BCUT2D eigenvalue weighted by molar-refractivity contribution is -0.135. The monoisotopic (exact) mass is 686 g/mol. The molecular weight excluding hydrogens is 635 g/mol. The number of hydrogen-bond acceptors (Lipinski definition) is 3. The number of carbonyl (C=O) groups is 2. The van der Waals surface area contributed by atoms with Crippen LogP contribution in [0.2, 0.25) is 0 Å². The van der Waals surface area contributed by atoms with Gasteiger partial charge in [-0.15, -0.1) is 0 Å². The normalized spacial score (nSPS) is 29.1. The third-order valence-electron chi connectivity index (χ3n) is 13.6. The number of benzene rings is 3. The summed E-state index contributed by atoms with van der Waals surface area (Å²) >= 11 is 0. The Hall–Kier alpha value is -3.76. The van der Waals surface area contributed by atoms with E-state index in [4.69, 9.17) is 4.98 Å². The molecule has 0 spiro atoms. The highest BCUT2D eigenvalue weighted by molar-refractivity contribution is 7.38. The van der Waals surface area contributed by atoms with Crippen LogP contribution in [-0.4, -0.2) is 62.7 Å². The Bertz CT molecular complexity index is 1900. The van der Waals surface area contributed by atoms with Gasteiger partial charge in [0.2, 0.25) is 11.8 Å². The Kier molecular flexibility index (Phi) is 8.74. The quantitative estimate of drug-likeness (QED) is 0.188. The lowest BCUT2D eigenvalue weighted by Crippen LogP contribution is -2.53. The third kappa shape index (κ3) is 5.36. The van der Waals surface area contributed by atoms with E-state index in [9.17, 15) is 9.59 Å². The molecule has 7 atom stereocenters. The van der Waals surface area contributed by atoms with E-state index < -0.39 is 0 Å². The first kappa shape index (κ1) is 33.4. The van der Waals surface area contributed by atoms with Crippen LogP contribution in [-0.2, 0) is 15.0 Å². The molecule has 2 saturated carbocycles. The molecule has 3 heterocycles. The number of amides is 2. The van der Waals surface area contributed by atoms with Crippen LogP contribution in [0.1, 0.15) is 107 Å². The van der Waals surface area contributed by atoms with Crippen LogP contribution in [0.5, 0.6) is 0 Å². The molecule has 2 amide bonds. The highest BCUT2D eigenvalue weighted by Gasteiger charge is 2.62. The smallest absolute Gasteiger partial charge is 0.233 e. The van der Waals surface area contributed by atoms with Crippen molar-refractivity contribution >= 4 is 37.4 Å². The minimum atomic E-state index is -0.179. The Labute approximate surface area is 298 Å². The number of nitrogens with zero attached hydrogens (tertiary/aromatic N) is 3. The summed E-state index contributed by atoms with van der Waals surface area (Å²) in [5.41, 5.74) is 7.23. The average molecular weight is 687 g/mol. The molecule has 50 heavy (non-hydrogen) atoms. The van der Waals surface area contributed by atoms with Gasteiger partial charge in [-0.25, -0.2) is 4.98 Å². The molecule has 6 nitrogen and oxygen atoms in total. The standard InChI is InChI=1S/C43H51N4O2P/c1-28(31-11-6-5-7-12-31)40(48)46-25-8-13-37(46)39-44-35-20-17-33(27-36(35)45-39)32-15-18-34(19-16-32)42-21-10-22-43(24-23-42,30(42)3)38-14-9-26-47(38)41(49)29(2)50-4/h5-7,11-12,15-20,27-30,37-38H,4,8-10,13-14,21-26H2,1-3H3,(H,44,45). The molecule has 4 aliphatic rings. The minimum absolute atomic E-state index is 0.0208. The zero-order chi connectivity index (χ0) is 34.6. The summed E-state index contributed by atoms with van der Waals surface area (Å²) in [6, 6.07) is 26.3. The summed E-state index contributed by atoms with van der Waals surface area (Å²) in [6.07, 6.45) is 14.3. The number of nitrogens with one attached hydrogen (secondary N) is 1. The van der Waals surface area contributed by atoms with Gasteiger partial charge in [-0.2, -0.15) is 0 Å². The summed E-state index contributed by atoms with van der Waals surface area (Å²) in [5, 5.41) is 0. The van der Waals surface area contributed by atoms with Crippen LogP contribution in [0.3, 0.4) is 0 Å². The molecule has 2 saturated heterocycles. The fourth-order valence-electron chi connectivity index (χ4n) is 10.8. The van der Waals surface area contributed by atoms with Crippen molar-refractivity contribution in [2.45, 2.75) is 108 Å². The molecule has 2 bridgehead atoms. The van der Waals surface area contributed by atoms with Crippen molar-refractivity contribution in [3.63, 3.8) is 0 Å². The fourth-order valence-corrected chi connectivity index (χ4v) is 11.1. The number of rotatable bonds is 8. The molecular formula is C43H51N4O2P. The second-order valence-corrected chi connectivity index (χ2v) is 16.9. The number of likely N-dealkylation sites (tertiary alicyclic amines) is 2. The van der Waals surface area contributed by atoms with Crippen molar-refractivity contribution in [3.8, 4) is 11.1 Å². The Morgan fingerprint density at radius 2 is 1.60 bits per heavy atom. The number of imidazole rings is 1. The molecule has 7 unspecified atom stereocenters. The van der Waals surface area contributed by atoms with Crippen molar-refractivity contribution in [3.05, 3.63) is 89.7 Å². The second-order valence-electron chi connectivity index (χ2n) is 15.8. The largest absolute Gasteiger partial charge is 0.340 e. The topological polar surface area (TPSA) is 69.3 Å². The number of H-pyrrole nitrogens is 1. The van der Waals surface area contributed by atoms with E-state index in [0.29, 0.717) is 17.9 Å². The lowest BCUT2D eigenvalue weighted by atomic mass is 9.56. The number of fused-ring (bicyclic) bond motifs is 3. The first-order valence-corrected chi connectivity index (χ1v) is 20.1. The fraction of sp³-hybridized carbons (Fsp3) is 0.488. The third-order valence-corrected chi connectivity index (χ3v) is 14.4. The average Bonchev–Trinajstić information content (AvgIpc) is 3.96. The van der Waals surface area contributed by atoms with Crippen molar-refractivity contribution < 1.29 is 9.59 Å². The van der Waals surface area contributed by atoms with Gasteiger partial charge in [-0.3, -0.25) is 9.59 Å². The molecule has 7 heteroatoms. The number of aromatic nitrogens is 2. The molecule has 3 aromatic carbocycles. The Morgan fingerprint density at radius 1 is 0.860 bits per heavy atom. The summed E-state index contributed by atoms with van der Waals surface area (Å²) in [4.78, 5) is 40.0. The maximum Gasteiger partial charge on any atom is 0.233 e. The SMILES string of the molecule is C=PC(C)C(=O)N1CCCC1C12CCCC(c3ccc(-c4ccc5nc(C6CCCN6C(=O)C(C)c6ccccc6)[nH]c5c4)cc3)(CC1)C2C. The molecule has 8 rings (SSSR count). The molecule has 260 valence electrons. The second kappa shape index (κ2) is 13.1. The van der Waals surface area contributed by atoms with Crippen LogP contribution in [0, 0.1) is 11.3 Å². The van der Waals surface area contributed by atoms with E-state index in [2.05, 4.69) is 65.6 Å². The highest BCUT2D eigenvalue weighted by atomic mass is 31.1. The van der Waals surface area contributed by atoms with Crippen molar-refractivity contribution in [1.82, 2.24) is 19.8 Å². The predicted molar refractivity (Wildman–Crippen MR) is 205 cm³/mol. The van der Waals surface area contributed by atoms with Gasteiger partial charge in [0.1, 0.15) is 5.82 Å². The van der Waals surface area contributed by atoms with Crippen LogP contribution in [0.25, 0.3) is 22.2 Å². The molecule has 1 aromatic heterocycles. The molecule has 0 radical (unpaired) electrons. The highest BCUT2D eigenvalue weighted by Crippen LogP contribution is 2.66. The first-order chi connectivity index (χ1) is 24.3. The number of aromatic amines is 1. The van der Waals surface area contributed by atoms with E-state index >= 15 is 0 Å². The van der Waals surface area contributed by atoms with Crippen LogP contribution >= 0.6 is 8.20 Å². The molecule has 1 N–H and O–H groups in total. The van der Waals surface area contributed by atoms with Gasteiger partial charge >= 0.3 is 0 Å². The zero-order valence-electron chi connectivity index (χ0n) is 29.9.